The molecule has 1 aliphatic rings. The van der Waals surface area contributed by atoms with Gasteiger partial charge >= 0.3 is 0 Å². The van der Waals surface area contributed by atoms with Crippen LogP contribution in [-0.2, 0) is 14.6 Å². The zero-order valence-electron chi connectivity index (χ0n) is 12.8. The topological polar surface area (TPSA) is 66.5 Å². The molecule has 0 aliphatic carbocycles. The average molecular weight is 328 g/mol. The molecule has 22 heavy (non-hydrogen) atoms. The van der Waals surface area contributed by atoms with E-state index in [1.807, 2.05) is 7.05 Å². The van der Waals surface area contributed by atoms with Gasteiger partial charge in [0.2, 0.25) is 5.91 Å². The maximum absolute atomic E-state index is 12.9. The Morgan fingerprint density at radius 1 is 1.36 bits per heavy atom. The molecule has 7 heteroatoms. The zero-order chi connectivity index (χ0) is 16.3. The molecule has 1 heterocycles. The van der Waals surface area contributed by atoms with E-state index in [9.17, 15) is 17.6 Å². The number of carbonyl (C=O) groups is 1. The van der Waals surface area contributed by atoms with Gasteiger partial charge in [-0.15, -0.1) is 0 Å². The molecule has 0 radical (unpaired) electrons. The minimum Gasteiger partial charge on any atom is -0.340 e. The summed E-state index contributed by atoms with van der Waals surface area (Å²) in [7, 11) is -1.98. The van der Waals surface area contributed by atoms with Gasteiger partial charge in [-0.25, -0.2) is 12.8 Å². The van der Waals surface area contributed by atoms with Gasteiger partial charge in [0.15, 0.2) is 9.84 Å². The normalized spacial score (nSPS) is 20.7. The quantitative estimate of drug-likeness (QED) is 0.844. The largest absolute Gasteiger partial charge is 0.340 e. The van der Waals surface area contributed by atoms with E-state index in [1.54, 1.807) is 4.90 Å². The Bertz CT molecular complexity index is 631. The average Bonchev–Trinajstić information content (AvgIpc) is 2.53. The minimum absolute atomic E-state index is 0.0306. The number of piperidine rings is 1. The fourth-order valence-electron chi connectivity index (χ4n) is 2.63. The predicted molar refractivity (Wildman–Crippen MR) is 81.7 cm³/mol. The number of amides is 1. The molecule has 1 fully saturated rings. The third-order valence-electron chi connectivity index (χ3n) is 4.10. The third kappa shape index (κ3) is 3.47. The van der Waals surface area contributed by atoms with Gasteiger partial charge < -0.3 is 10.2 Å². The summed E-state index contributed by atoms with van der Waals surface area (Å²) in [6, 6.07) is 4.75. The van der Waals surface area contributed by atoms with Crippen molar-refractivity contribution >= 4 is 15.7 Å². The lowest BCUT2D eigenvalue weighted by molar-refractivity contribution is -0.131. The van der Waals surface area contributed by atoms with Crippen molar-refractivity contribution in [3.8, 4) is 0 Å². The summed E-state index contributed by atoms with van der Waals surface area (Å²) in [5.74, 6) is -0.907. The number of halogens is 1. The molecule has 1 amide bonds. The predicted octanol–water partition coefficient (Wildman–Crippen LogP) is 1.20. The summed E-state index contributed by atoms with van der Waals surface area (Å²) in [6.45, 7) is 2.48. The molecule has 1 aliphatic heterocycles. The first-order valence-electron chi connectivity index (χ1n) is 7.31. The van der Waals surface area contributed by atoms with Crippen LogP contribution in [0.1, 0.15) is 19.8 Å². The van der Waals surface area contributed by atoms with Crippen molar-refractivity contribution in [2.45, 2.75) is 36.0 Å². The van der Waals surface area contributed by atoms with E-state index in [-0.39, 0.29) is 10.9 Å². The molecular weight excluding hydrogens is 307 g/mol. The summed E-state index contributed by atoms with van der Waals surface area (Å²) >= 11 is 0. The second-order valence-electron chi connectivity index (χ2n) is 5.55. The molecule has 1 saturated heterocycles. The van der Waals surface area contributed by atoms with Crippen LogP contribution in [0.25, 0.3) is 0 Å². The van der Waals surface area contributed by atoms with Crippen LogP contribution in [-0.4, -0.2) is 50.7 Å². The lowest BCUT2D eigenvalue weighted by Gasteiger charge is -2.34. The van der Waals surface area contributed by atoms with Crippen LogP contribution < -0.4 is 5.32 Å². The second-order valence-corrected chi connectivity index (χ2v) is 7.82. The van der Waals surface area contributed by atoms with Crippen molar-refractivity contribution in [2.75, 3.05) is 20.1 Å². The number of sulfone groups is 1. The molecule has 1 aromatic carbocycles. The summed E-state index contributed by atoms with van der Waals surface area (Å²) in [5.41, 5.74) is 0. The van der Waals surface area contributed by atoms with Crippen LogP contribution in [0.4, 0.5) is 4.39 Å². The maximum atomic E-state index is 12.9. The number of likely N-dealkylation sites (N-methyl/N-ethyl adjacent to an activating group) is 1. The number of rotatable bonds is 4. The van der Waals surface area contributed by atoms with Crippen LogP contribution in [0.2, 0.25) is 0 Å². The van der Waals surface area contributed by atoms with E-state index in [4.69, 9.17) is 0 Å². The van der Waals surface area contributed by atoms with Crippen LogP contribution in [0.15, 0.2) is 29.2 Å². The summed E-state index contributed by atoms with van der Waals surface area (Å²) < 4.78 is 37.9. The van der Waals surface area contributed by atoms with E-state index >= 15 is 0 Å². The number of nitrogens with one attached hydrogen (secondary N) is 1. The summed E-state index contributed by atoms with van der Waals surface area (Å²) in [4.78, 5) is 14.1. The fourth-order valence-corrected chi connectivity index (χ4v) is 3.97. The number of hydrogen-bond donors (Lipinski definition) is 1. The van der Waals surface area contributed by atoms with Gasteiger partial charge in [-0.05, 0) is 51.1 Å². The van der Waals surface area contributed by atoms with Gasteiger partial charge in [-0.2, -0.15) is 0 Å². The van der Waals surface area contributed by atoms with Crippen molar-refractivity contribution in [2.24, 2.45) is 0 Å². The van der Waals surface area contributed by atoms with Gasteiger partial charge in [0.05, 0.1) is 4.90 Å². The van der Waals surface area contributed by atoms with Gasteiger partial charge in [0.25, 0.3) is 0 Å². The van der Waals surface area contributed by atoms with Crippen molar-refractivity contribution < 1.29 is 17.6 Å². The highest BCUT2D eigenvalue weighted by Gasteiger charge is 2.34. The molecule has 1 aromatic rings. The molecule has 2 atom stereocenters. The molecule has 1 N–H and O–H groups in total. The first-order chi connectivity index (χ1) is 10.4. The molecule has 0 spiro atoms. The first-order valence-corrected chi connectivity index (χ1v) is 8.86. The summed E-state index contributed by atoms with van der Waals surface area (Å²) in [5, 5.41) is 1.95. The van der Waals surface area contributed by atoms with Crippen LogP contribution in [0.3, 0.4) is 0 Å². The molecule has 5 nitrogen and oxygen atoms in total. The van der Waals surface area contributed by atoms with Crippen LogP contribution in [0.5, 0.6) is 0 Å². The van der Waals surface area contributed by atoms with Gasteiger partial charge in [0.1, 0.15) is 11.1 Å². The van der Waals surface area contributed by atoms with E-state index in [1.165, 1.54) is 19.1 Å². The number of benzene rings is 1. The molecule has 0 bridgehead atoms. The smallest absolute Gasteiger partial charge is 0.241 e. The third-order valence-corrected chi connectivity index (χ3v) is 6.16. The van der Waals surface area contributed by atoms with Crippen LogP contribution >= 0.6 is 0 Å². The Kier molecular flexibility index (Phi) is 5.18. The Hall–Kier alpha value is -1.47. The molecule has 0 saturated carbocycles. The molecular formula is C15H21FN2O3S. The fraction of sp³-hybridized carbons (Fsp3) is 0.533. The lowest BCUT2D eigenvalue weighted by atomic mass is 10.1. The minimum atomic E-state index is -3.81. The summed E-state index contributed by atoms with van der Waals surface area (Å²) in [6.07, 6.45) is 1.82. The molecule has 0 aromatic heterocycles. The number of likely N-dealkylation sites (tertiary alicyclic amines) is 1. The van der Waals surface area contributed by atoms with E-state index < -0.39 is 26.8 Å². The van der Waals surface area contributed by atoms with Gasteiger partial charge in [-0.3, -0.25) is 4.79 Å². The Labute approximate surface area is 130 Å². The molecule has 2 unspecified atom stereocenters. The van der Waals surface area contributed by atoms with Crippen molar-refractivity contribution in [1.29, 1.82) is 0 Å². The van der Waals surface area contributed by atoms with E-state index in [0.29, 0.717) is 13.1 Å². The van der Waals surface area contributed by atoms with Gasteiger partial charge in [0, 0.05) is 19.1 Å². The van der Waals surface area contributed by atoms with Crippen molar-refractivity contribution in [3.63, 3.8) is 0 Å². The highest BCUT2D eigenvalue weighted by Crippen LogP contribution is 2.20. The highest BCUT2D eigenvalue weighted by atomic mass is 32.2. The molecule has 2 rings (SSSR count). The Morgan fingerprint density at radius 3 is 2.59 bits per heavy atom. The van der Waals surface area contributed by atoms with E-state index in [0.717, 1.165) is 25.0 Å². The van der Waals surface area contributed by atoms with Crippen molar-refractivity contribution in [1.82, 2.24) is 10.2 Å². The monoisotopic (exact) mass is 328 g/mol. The second kappa shape index (κ2) is 6.75. The number of nitrogens with zero attached hydrogens (tertiary/aromatic N) is 1. The Morgan fingerprint density at radius 2 is 2.00 bits per heavy atom. The Balaban J connectivity index is 2.17. The molecule has 122 valence electrons. The standard InChI is InChI=1S/C15H21FN2O3S/c1-11(15(19)18-9-3-4-13(10-18)17-2)22(20,21)14-7-5-12(16)6-8-14/h5-8,11,13,17H,3-4,9-10H2,1-2H3. The van der Waals surface area contributed by atoms with Crippen molar-refractivity contribution in [3.05, 3.63) is 30.1 Å². The maximum Gasteiger partial charge on any atom is 0.241 e. The lowest BCUT2D eigenvalue weighted by Crippen LogP contribution is -2.50. The first kappa shape index (κ1) is 16.9. The number of carbonyl (C=O) groups excluding carboxylic acids is 1. The van der Waals surface area contributed by atoms with E-state index in [2.05, 4.69) is 5.32 Å². The SMILES string of the molecule is CNC1CCCN(C(=O)C(C)S(=O)(=O)c2ccc(F)cc2)C1. The number of hydrogen-bond acceptors (Lipinski definition) is 4. The van der Waals surface area contributed by atoms with Crippen LogP contribution in [0, 0.1) is 5.82 Å². The van der Waals surface area contributed by atoms with Gasteiger partial charge in [-0.1, -0.05) is 0 Å². The highest BCUT2D eigenvalue weighted by molar-refractivity contribution is 7.92. The zero-order valence-corrected chi connectivity index (χ0v) is 13.6.